The molecule has 1 fully saturated rings. The van der Waals surface area contributed by atoms with E-state index in [1.54, 1.807) is 55.6 Å². The molecule has 1 aromatic heterocycles. The van der Waals surface area contributed by atoms with E-state index in [9.17, 15) is 36.9 Å². The number of carbonyl (C=O) groups is 5. The van der Waals surface area contributed by atoms with Gasteiger partial charge in [0.25, 0.3) is 5.91 Å². The molecule has 4 amide bonds. The summed E-state index contributed by atoms with van der Waals surface area (Å²) in [5.74, 6) is -4.38. The molecule has 0 spiro atoms. The molecule has 264 valence electrons. The quantitative estimate of drug-likeness (QED) is 0.113. The van der Waals surface area contributed by atoms with Gasteiger partial charge in [0.1, 0.15) is 23.5 Å². The van der Waals surface area contributed by atoms with Gasteiger partial charge in [-0.05, 0) is 23.3 Å². The van der Waals surface area contributed by atoms with Crippen LogP contribution in [0.25, 0.3) is 0 Å². The van der Waals surface area contributed by atoms with Crippen molar-refractivity contribution in [1.29, 1.82) is 0 Å². The lowest BCUT2D eigenvalue weighted by Gasteiger charge is -2.29. The SMILES string of the molecule is CCC(=O)c1csc(NC(=O)[C@H]([C@@H](C)c2ccccc2)N2C(=O)N[C@H](c3ccc(OCP(=O)(OC)OC)cc3)C2=O)n1.O=C(O)C(F)(F)F. The van der Waals surface area contributed by atoms with E-state index in [4.69, 9.17) is 23.7 Å². The molecule has 0 saturated carbocycles. The Morgan fingerprint density at radius 2 is 1.67 bits per heavy atom. The number of hydrogen-bond acceptors (Lipinski definition) is 11. The first-order valence-corrected chi connectivity index (χ1v) is 16.9. The maximum Gasteiger partial charge on any atom is 0.490 e. The molecule has 1 saturated heterocycles. The van der Waals surface area contributed by atoms with Crippen LogP contribution < -0.4 is 15.4 Å². The Hall–Kier alpha value is -4.64. The van der Waals surface area contributed by atoms with Crippen molar-refractivity contribution in [2.45, 2.75) is 44.4 Å². The zero-order valence-corrected chi connectivity index (χ0v) is 28.1. The molecule has 0 unspecified atom stereocenters. The Labute approximate surface area is 282 Å². The molecule has 14 nitrogen and oxygen atoms in total. The third kappa shape index (κ3) is 9.95. The zero-order chi connectivity index (χ0) is 36.5. The minimum Gasteiger partial charge on any atom is -0.481 e. The Morgan fingerprint density at radius 3 is 2.20 bits per heavy atom. The zero-order valence-electron chi connectivity index (χ0n) is 26.4. The monoisotopic (exact) mass is 728 g/mol. The van der Waals surface area contributed by atoms with Crippen molar-refractivity contribution < 1.29 is 60.6 Å². The molecule has 0 radical (unpaired) electrons. The first kappa shape index (κ1) is 38.8. The number of amides is 4. The second-order valence-corrected chi connectivity index (χ2v) is 13.2. The molecule has 19 heteroatoms. The standard InChI is InChI=1S/C28H31N4O8PS.C2HF3O2/c1-5-22(33)21-15-42-27(29-21)31-25(34)24(17(2)18-9-7-6-8-10-18)32-26(35)23(30-28(32)36)19-11-13-20(14-12-19)40-16-41(37,38-3)39-4;3-2(4,5)1(6)7/h6-15,17,23-24H,5,16H2,1-4H3,(H,30,36)(H,29,31,34);(H,6,7)/t17-,23+,24-;/m0./s1. The smallest absolute Gasteiger partial charge is 0.481 e. The number of alkyl halides is 3. The van der Waals surface area contributed by atoms with Crippen molar-refractivity contribution in [2.75, 3.05) is 25.9 Å². The fourth-order valence-corrected chi connectivity index (χ4v) is 5.78. The number of anilines is 1. The van der Waals surface area contributed by atoms with Crippen LogP contribution in [0.1, 0.15) is 53.8 Å². The van der Waals surface area contributed by atoms with Gasteiger partial charge < -0.3 is 29.5 Å². The number of ketones is 1. The maximum absolute atomic E-state index is 13.7. The van der Waals surface area contributed by atoms with E-state index in [1.165, 1.54) is 14.2 Å². The largest absolute Gasteiger partial charge is 0.490 e. The van der Waals surface area contributed by atoms with E-state index in [0.29, 0.717) is 11.3 Å². The minimum atomic E-state index is -5.08. The first-order valence-electron chi connectivity index (χ1n) is 14.3. The fourth-order valence-electron chi connectivity index (χ4n) is 4.40. The topological polar surface area (TPSA) is 191 Å². The highest BCUT2D eigenvalue weighted by atomic mass is 32.1. The predicted octanol–water partition coefficient (Wildman–Crippen LogP) is 5.60. The lowest BCUT2D eigenvalue weighted by Crippen LogP contribution is -2.50. The van der Waals surface area contributed by atoms with E-state index in [2.05, 4.69) is 15.6 Å². The number of nitrogens with zero attached hydrogens (tertiary/aromatic N) is 2. The number of aliphatic carboxylic acids is 1. The second-order valence-electron chi connectivity index (χ2n) is 10.2. The van der Waals surface area contributed by atoms with Crippen molar-refractivity contribution in [3.8, 4) is 5.75 Å². The molecule has 4 rings (SSSR count). The van der Waals surface area contributed by atoms with Crippen molar-refractivity contribution in [1.82, 2.24) is 15.2 Å². The number of Topliss-reactive ketones (excluding diaryl/α,β-unsaturated/α-hetero) is 1. The highest BCUT2D eigenvalue weighted by Crippen LogP contribution is 2.46. The first-order chi connectivity index (χ1) is 23.0. The van der Waals surface area contributed by atoms with Crippen LogP contribution in [-0.4, -0.2) is 77.4 Å². The van der Waals surface area contributed by atoms with Crippen molar-refractivity contribution in [2.24, 2.45) is 0 Å². The number of ether oxygens (including phenoxy) is 1. The number of carbonyl (C=O) groups excluding carboxylic acids is 4. The van der Waals surface area contributed by atoms with E-state index in [1.807, 2.05) is 18.2 Å². The van der Waals surface area contributed by atoms with Crippen LogP contribution in [0.4, 0.5) is 23.1 Å². The van der Waals surface area contributed by atoms with Crippen molar-refractivity contribution in [3.05, 3.63) is 76.8 Å². The fraction of sp³-hybridized carbons (Fsp3) is 0.333. The predicted molar refractivity (Wildman–Crippen MR) is 169 cm³/mol. The molecule has 0 aliphatic carbocycles. The van der Waals surface area contributed by atoms with Gasteiger partial charge in [0, 0.05) is 31.9 Å². The Morgan fingerprint density at radius 1 is 1.08 bits per heavy atom. The summed E-state index contributed by atoms with van der Waals surface area (Å²) in [7, 11) is -0.881. The molecule has 3 atom stereocenters. The Kier molecular flexibility index (Phi) is 13.2. The van der Waals surface area contributed by atoms with Crippen LogP contribution in [0, 0.1) is 0 Å². The van der Waals surface area contributed by atoms with Gasteiger partial charge in [0.2, 0.25) is 5.91 Å². The number of nitrogens with one attached hydrogen (secondary N) is 2. The molecule has 2 aromatic carbocycles. The van der Waals surface area contributed by atoms with Gasteiger partial charge in [-0.2, -0.15) is 13.2 Å². The number of halogens is 3. The van der Waals surface area contributed by atoms with Crippen molar-refractivity contribution in [3.63, 3.8) is 0 Å². The number of carboxylic acids is 1. The number of imide groups is 1. The average molecular weight is 729 g/mol. The summed E-state index contributed by atoms with van der Waals surface area (Å²) in [4.78, 5) is 66.7. The van der Waals surface area contributed by atoms with Crippen LogP contribution >= 0.6 is 18.9 Å². The van der Waals surface area contributed by atoms with Crippen LogP contribution in [0.2, 0.25) is 0 Å². The van der Waals surface area contributed by atoms with Crippen molar-refractivity contribution >= 4 is 53.7 Å². The van der Waals surface area contributed by atoms with Gasteiger partial charge in [-0.15, -0.1) is 11.3 Å². The minimum absolute atomic E-state index is 0.166. The second kappa shape index (κ2) is 16.6. The highest BCUT2D eigenvalue weighted by Gasteiger charge is 2.47. The van der Waals surface area contributed by atoms with Gasteiger partial charge in [-0.3, -0.25) is 18.9 Å². The van der Waals surface area contributed by atoms with Crippen LogP contribution in [0.5, 0.6) is 5.75 Å². The van der Waals surface area contributed by atoms with Gasteiger partial charge >= 0.3 is 25.8 Å². The number of benzene rings is 2. The Balaban J connectivity index is 0.000000838. The molecule has 49 heavy (non-hydrogen) atoms. The lowest BCUT2D eigenvalue weighted by molar-refractivity contribution is -0.192. The third-order valence-electron chi connectivity index (χ3n) is 7.06. The summed E-state index contributed by atoms with van der Waals surface area (Å²) < 4.78 is 59.2. The third-order valence-corrected chi connectivity index (χ3v) is 9.38. The molecule has 1 aliphatic rings. The number of carboxylic acid groups (broad SMARTS) is 1. The van der Waals surface area contributed by atoms with Gasteiger partial charge in [-0.25, -0.2) is 19.5 Å². The molecule has 3 N–H and O–H groups in total. The molecule has 3 aromatic rings. The Bertz CT molecular complexity index is 1700. The van der Waals surface area contributed by atoms with Gasteiger partial charge in [0.05, 0.1) is 0 Å². The number of rotatable bonds is 13. The molecule has 1 aliphatic heterocycles. The molecule has 0 bridgehead atoms. The van der Waals surface area contributed by atoms with E-state index in [-0.39, 0.29) is 29.4 Å². The number of aromatic nitrogens is 1. The average Bonchev–Trinajstić information content (AvgIpc) is 3.67. The molecular weight excluding hydrogens is 696 g/mol. The lowest BCUT2D eigenvalue weighted by atomic mass is 9.91. The summed E-state index contributed by atoms with van der Waals surface area (Å²) in [5, 5.41) is 14.2. The van der Waals surface area contributed by atoms with E-state index in [0.717, 1.165) is 21.8 Å². The summed E-state index contributed by atoms with van der Waals surface area (Å²) >= 11 is 1.08. The van der Waals surface area contributed by atoms with E-state index >= 15 is 0 Å². The van der Waals surface area contributed by atoms with Crippen LogP contribution in [0.15, 0.2) is 60.0 Å². The summed E-state index contributed by atoms with van der Waals surface area (Å²) in [5.41, 5.74) is 1.44. The maximum atomic E-state index is 13.7. The summed E-state index contributed by atoms with van der Waals surface area (Å²) in [6, 6.07) is 12.3. The van der Waals surface area contributed by atoms with E-state index < -0.39 is 55.6 Å². The summed E-state index contributed by atoms with van der Waals surface area (Å²) in [6.07, 6.45) is -5.13. The normalized spacial score (nSPS) is 15.8. The van der Waals surface area contributed by atoms with Gasteiger partial charge in [-0.1, -0.05) is 56.3 Å². The van der Waals surface area contributed by atoms with Crippen LogP contribution in [0.3, 0.4) is 0 Å². The number of urea groups is 1. The highest BCUT2D eigenvalue weighted by molar-refractivity contribution is 7.53. The molecule has 2 heterocycles. The van der Waals surface area contributed by atoms with Crippen LogP contribution in [-0.2, 0) is 28.0 Å². The summed E-state index contributed by atoms with van der Waals surface area (Å²) in [6.45, 7) is 3.47. The number of thiazole rings is 1. The number of hydrogen-bond donors (Lipinski definition) is 3. The van der Waals surface area contributed by atoms with Gasteiger partial charge in [0.15, 0.2) is 17.3 Å². The molecular formula is C30H32F3N4O10PS.